The van der Waals surface area contributed by atoms with E-state index in [0.717, 1.165) is 0 Å². The second-order valence-electron chi connectivity index (χ2n) is 8.90. The lowest BCUT2D eigenvalue weighted by Gasteiger charge is -2.46. The van der Waals surface area contributed by atoms with E-state index in [4.69, 9.17) is 23.5 Å². The number of aryl methyl sites for hydroxylation is 1. The molecule has 0 radical (unpaired) electrons. The Morgan fingerprint density at radius 3 is 2.69 bits per heavy atom. The highest BCUT2D eigenvalue weighted by atomic mass is 32.1. The van der Waals surface area contributed by atoms with Gasteiger partial charge in [-0.15, -0.1) is 11.3 Å². The fourth-order valence-electron chi connectivity index (χ4n) is 4.20. The molecule has 0 bridgehead atoms. The number of benzene rings is 1. The lowest BCUT2D eigenvalue weighted by molar-refractivity contribution is -0.306. The van der Waals surface area contributed by atoms with E-state index < -0.39 is 35.8 Å². The van der Waals surface area contributed by atoms with Crippen molar-refractivity contribution in [3.8, 4) is 11.5 Å². The van der Waals surface area contributed by atoms with Crippen LogP contribution in [0, 0.1) is 6.92 Å². The molecule has 3 heterocycles. The molecular weight excluding hydrogens is 492 g/mol. The number of nitrogens with zero attached hydrogens (tertiary/aromatic N) is 2. The summed E-state index contributed by atoms with van der Waals surface area (Å²) in [6, 6.07) is 3.06. The molecule has 1 aromatic carbocycles. The predicted octanol–water partition coefficient (Wildman–Crippen LogP) is 2.45. The molecule has 1 fully saturated rings. The summed E-state index contributed by atoms with van der Waals surface area (Å²) in [5.41, 5.74) is -1.28. The van der Waals surface area contributed by atoms with E-state index in [0.29, 0.717) is 10.6 Å². The Morgan fingerprint density at radius 2 is 2.03 bits per heavy atom. The first kappa shape index (κ1) is 26.0. The standard InChI is InChI=1S/C24H28N2O9S/c1-11-14(33-23-19(29)18(28)21(31-5)24(3,4)35-23)7-6-13-17(27)16(22(30)34-20(11)13)12(2)26-32-10-15-25-8-9-36-15/h6-9,18-19,21,23,27-29H,10H2,1-5H3/b26-12-/t18-,19+,21+,23+/m0/s1. The molecule has 194 valence electrons. The summed E-state index contributed by atoms with van der Waals surface area (Å²) in [5, 5.41) is 38.6. The van der Waals surface area contributed by atoms with Crippen LogP contribution in [0.25, 0.3) is 11.0 Å². The van der Waals surface area contributed by atoms with Gasteiger partial charge in [0.2, 0.25) is 6.29 Å². The smallest absolute Gasteiger partial charge is 0.349 e. The Balaban J connectivity index is 1.62. The highest BCUT2D eigenvalue weighted by Crippen LogP contribution is 2.37. The molecule has 0 unspecified atom stereocenters. The third-order valence-electron chi connectivity index (χ3n) is 6.02. The normalized spacial score (nSPS) is 24.1. The highest BCUT2D eigenvalue weighted by Gasteiger charge is 2.50. The SMILES string of the molecule is CO[C@@H]1[C@@H](O)[C@@H](O)[C@H](Oc2ccc3c(O)c(/C(C)=N\OCc4nccs4)c(=O)oc3c2C)OC1(C)C. The predicted molar refractivity (Wildman–Crippen MR) is 130 cm³/mol. The van der Waals surface area contributed by atoms with Crippen LogP contribution in [0.1, 0.15) is 36.9 Å². The minimum absolute atomic E-state index is 0.0927. The molecule has 11 nitrogen and oxygen atoms in total. The second kappa shape index (κ2) is 10.1. The minimum Gasteiger partial charge on any atom is -0.506 e. The molecule has 12 heteroatoms. The van der Waals surface area contributed by atoms with E-state index in [9.17, 15) is 20.1 Å². The fourth-order valence-corrected chi connectivity index (χ4v) is 4.72. The van der Waals surface area contributed by atoms with Gasteiger partial charge in [0.05, 0.1) is 16.7 Å². The number of oxime groups is 1. The highest BCUT2D eigenvalue weighted by molar-refractivity contribution is 7.09. The van der Waals surface area contributed by atoms with Gasteiger partial charge in [-0.1, -0.05) is 5.16 Å². The number of hydrogen-bond donors (Lipinski definition) is 3. The molecule has 4 rings (SSSR count). The first-order valence-corrected chi connectivity index (χ1v) is 12.0. The number of rotatable bonds is 7. The Labute approximate surface area is 210 Å². The summed E-state index contributed by atoms with van der Waals surface area (Å²) >= 11 is 1.40. The third-order valence-corrected chi connectivity index (χ3v) is 6.78. The van der Waals surface area contributed by atoms with Crippen molar-refractivity contribution < 1.29 is 38.8 Å². The number of hydrogen-bond acceptors (Lipinski definition) is 12. The van der Waals surface area contributed by atoms with Crippen LogP contribution in [0.5, 0.6) is 11.5 Å². The van der Waals surface area contributed by atoms with Crippen LogP contribution >= 0.6 is 11.3 Å². The van der Waals surface area contributed by atoms with Crippen molar-refractivity contribution in [1.29, 1.82) is 0 Å². The molecule has 4 atom stereocenters. The van der Waals surface area contributed by atoms with Gasteiger partial charge in [0.25, 0.3) is 0 Å². The zero-order chi connectivity index (χ0) is 26.2. The van der Waals surface area contributed by atoms with E-state index in [1.807, 2.05) is 0 Å². The summed E-state index contributed by atoms with van der Waals surface area (Å²) in [6.45, 7) is 6.70. The van der Waals surface area contributed by atoms with Crippen molar-refractivity contribution in [1.82, 2.24) is 4.98 Å². The van der Waals surface area contributed by atoms with Gasteiger partial charge in [-0.05, 0) is 39.8 Å². The molecule has 1 aliphatic rings. The molecule has 3 aromatic rings. The van der Waals surface area contributed by atoms with Crippen LogP contribution in [0.15, 0.2) is 38.1 Å². The number of aromatic nitrogens is 1. The van der Waals surface area contributed by atoms with E-state index in [1.54, 1.807) is 38.4 Å². The van der Waals surface area contributed by atoms with Crippen LogP contribution < -0.4 is 10.4 Å². The van der Waals surface area contributed by atoms with Gasteiger partial charge >= 0.3 is 5.63 Å². The van der Waals surface area contributed by atoms with Gasteiger partial charge in [0.15, 0.2) is 6.61 Å². The second-order valence-corrected chi connectivity index (χ2v) is 9.88. The number of thiazole rings is 1. The summed E-state index contributed by atoms with van der Waals surface area (Å²) in [7, 11) is 1.42. The van der Waals surface area contributed by atoms with Gasteiger partial charge in [-0.25, -0.2) is 9.78 Å². The molecule has 2 aromatic heterocycles. The molecule has 36 heavy (non-hydrogen) atoms. The first-order valence-electron chi connectivity index (χ1n) is 11.1. The summed E-state index contributed by atoms with van der Waals surface area (Å²) < 4.78 is 22.5. The largest absolute Gasteiger partial charge is 0.506 e. The average Bonchev–Trinajstić information content (AvgIpc) is 3.33. The van der Waals surface area contributed by atoms with Crippen LogP contribution in [0.3, 0.4) is 0 Å². The summed E-state index contributed by atoms with van der Waals surface area (Å²) in [5.74, 6) is -0.0821. The number of ether oxygens (including phenoxy) is 3. The van der Waals surface area contributed by atoms with E-state index in [1.165, 1.54) is 31.4 Å². The van der Waals surface area contributed by atoms with Gasteiger partial charge in [0.1, 0.15) is 46.0 Å². The number of methoxy groups -OCH3 is 1. The van der Waals surface area contributed by atoms with Crippen LogP contribution in [0.4, 0.5) is 0 Å². The van der Waals surface area contributed by atoms with Crippen molar-refractivity contribution >= 4 is 28.0 Å². The van der Waals surface area contributed by atoms with E-state index in [-0.39, 0.29) is 40.4 Å². The number of aromatic hydroxyl groups is 1. The monoisotopic (exact) mass is 520 g/mol. The van der Waals surface area contributed by atoms with Crippen LogP contribution in [-0.2, 0) is 20.9 Å². The topological polar surface area (TPSA) is 153 Å². The van der Waals surface area contributed by atoms with Crippen LogP contribution in [-0.4, -0.2) is 63.3 Å². The van der Waals surface area contributed by atoms with Gasteiger partial charge in [-0.2, -0.15) is 0 Å². The quantitative estimate of drug-likeness (QED) is 0.240. The summed E-state index contributed by atoms with van der Waals surface area (Å²) in [4.78, 5) is 22.1. The molecule has 0 aliphatic carbocycles. The molecular formula is C24H28N2O9S. The third kappa shape index (κ3) is 4.82. The molecule has 0 amide bonds. The number of aliphatic hydroxyl groups is 2. The van der Waals surface area contributed by atoms with Crippen molar-refractivity contribution in [3.05, 3.63) is 50.3 Å². The Morgan fingerprint density at radius 1 is 1.28 bits per heavy atom. The maximum Gasteiger partial charge on any atom is 0.349 e. The fraction of sp³-hybridized carbons (Fsp3) is 0.458. The zero-order valence-corrected chi connectivity index (χ0v) is 21.2. The van der Waals surface area contributed by atoms with Crippen molar-refractivity contribution in [2.45, 2.75) is 64.5 Å². The molecule has 0 saturated carbocycles. The maximum absolute atomic E-state index is 12.8. The minimum atomic E-state index is -1.40. The molecule has 1 saturated heterocycles. The molecule has 1 aliphatic heterocycles. The van der Waals surface area contributed by atoms with Gasteiger partial charge in [0, 0.05) is 24.3 Å². The lowest BCUT2D eigenvalue weighted by Crippen LogP contribution is -2.63. The average molecular weight is 521 g/mol. The zero-order valence-electron chi connectivity index (χ0n) is 20.4. The van der Waals surface area contributed by atoms with Crippen molar-refractivity contribution in [3.63, 3.8) is 0 Å². The molecule has 3 N–H and O–H groups in total. The van der Waals surface area contributed by atoms with Gasteiger partial charge < -0.3 is 38.8 Å². The number of fused-ring (bicyclic) bond motifs is 1. The summed E-state index contributed by atoms with van der Waals surface area (Å²) in [6.07, 6.45) is -3.00. The van der Waals surface area contributed by atoms with Gasteiger partial charge in [-0.3, -0.25) is 0 Å². The van der Waals surface area contributed by atoms with Crippen LogP contribution in [0.2, 0.25) is 0 Å². The Bertz CT molecular complexity index is 1320. The maximum atomic E-state index is 12.8. The Hall–Kier alpha value is -3.03. The Kier molecular flexibility index (Phi) is 7.34. The lowest BCUT2D eigenvalue weighted by atomic mass is 9.89. The van der Waals surface area contributed by atoms with E-state index in [2.05, 4.69) is 10.1 Å². The first-order chi connectivity index (χ1) is 17.0. The van der Waals surface area contributed by atoms with Crippen molar-refractivity contribution in [2.75, 3.05) is 7.11 Å². The van der Waals surface area contributed by atoms with Crippen molar-refractivity contribution in [2.24, 2.45) is 5.16 Å². The van der Waals surface area contributed by atoms with E-state index >= 15 is 0 Å². The number of aliphatic hydroxyl groups excluding tert-OH is 2. The molecule has 0 spiro atoms.